The van der Waals surface area contributed by atoms with Gasteiger partial charge in [-0.05, 0) is 69.9 Å². The third-order valence-corrected chi connectivity index (χ3v) is 4.06. The van der Waals surface area contributed by atoms with Crippen LogP contribution in [0, 0.1) is 5.41 Å². The monoisotopic (exact) mass is 255 g/mol. The zero-order chi connectivity index (χ0) is 13.3. The summed E-state index contributed by atoms with van der Waals surface area (Å²) in [6, 6.07) is 0. The van der Waals surface area contributed by atoms with E-state index in [1.807, 2.05) is 0 Å². The van der Waals surface area contributed by atoms with E-state index in [4.69, 9.17) is 4.74 Å². The van der Waals surface area contributed by atoms with Gasteiger partial charge in [0, 0.05) is 6.61 Å². The zero-order valence-electron chi connectivity index (χ0n) is 12.8. The van der Waals surface area contributed by atoms with Gasteiger partial charge < -0.3 is 10.1 Å². The van der Waals surface area contributed by atoms with Crippen LogP contribution in [0.25, 0.3) is 0 Å². The molecule has 0 spiro atoms. The minimum atomic E-state index is 0.552. The van der Waals surface area contributed by atoms with Gasteiger partial charge in [0.2, 0.25) is 0 Å². The van der Waals surface area contributed by atoms with Crippen molar-refractivity contribution in [3.8, 4) is 0 Å². The molecule has 0 bridgehead atoms. The SMILES string of the molecule is CCCNCCCCCOC1CCC(C)(C)CC1. The Kier molecular flexibility index (Phi) is 7.92. The lowest BCUT2D eigenvalue weighted by atomic mass is 9.76. The van der Waals surface area contributed by atoms with Crippen molar-refractivity contribution >= 4 is 0 Å². The lowest BCUT2D eigenvalue weighted by Gasteiger charge is -2.34. The molecule has 0 aromatic carbocycles. The second-order valence-corrected chi connectivity index (χ2v) is 6.55. The molecule has 1 N–H and O–H groups in total. The predicted octanol–water partition coefficient (Wildman–Crippen LogP) is 4.14. The first-order valence-electron chi connectivity index (χ1n) is 7.96. The van der Waals surface area contributed by atoms with E-state index in [2.05, 4.69) is 26.1 Å². The highest BCUT2D eigenvalue weighted by Gasteiger charge is 2.26. The van der Waals surface area contributed by atoms with Gasteiger partial charge in [-0.25, -0.2) is 0 Å². The molecule has 1 fully saturated rings. The van der Waals surface area contributed by atoms with Gasteiger partial charge in [-0.2, -0.15) is 0 Å². The normalized spacial score (nSPS) is 20.2. The number of unbranched alkanes of at least 4 members (excludes halogenated alkanes) is 2. The quantitative estimate of drug-likeness (QED) is 0.625. The molecule has 108 valence electrons. The summed E-state index contributed by atoms with van der Waals surface area (Å²) >= 11 is 0. The van der Waals surface area contributed by atoms with E-state index >= 15 is 0 Å². The smallest absolute Gasteiger partial charge is 0.0575 e. The molecule has 2 nitrogen and oxygen atoms in total. The fourth-order valence-electron chi connectivity index (χ4n) is 2.62. The first kappa shape index (κ1) is 16.0. The maximum Gasteiger partial charge on any atom is 0.0575 e. The molecule has 0 atom stereocenters. The van der Waals surface area contributed by atoms with E-state index in [1.165, 1.54) is 57.9 Å². The van der Waals surface area contributed by atoms with Gasteiger partial charge in [0.05, 0.1) is 6.10 Å². The summed E-state index contributed by atoms with van der Waals surface area (Å²) in [5.74, 6) is 0. The number of rotatable bonds is 9. The van der Waals surface area contributed by atoms with E-state index in [1.54, 1.807) is 0 Å². The van der Waals surface area contributed by atoms with Crippen LogP contribution < -0.4 is 5.32 Å². The molecular weight excluding hydrogens is 222 g/mol. The molecule has 1 saturated carbocycles. The minimum absolute atomic E-state index is 0.552. The third kappa shape index (κ3) is 7.38. The summed E-state index contributed by atoms with van der Waals surface area (Å²) in [6.45, 7) is 10.3. The van der Waals surface area contributed by atoms with Crippen LogP contribution in [0.5, 0.6) is 0 Å². The highest BCUT2D eigenvalue weighted by molar-refractivity contribution is 4.78. The van der Waals surface area contributed by atoms with Gasteiger partial charge in [0.15, 0.2) is 0 Å². The largest absolute Gasteiger partial charge is 0.378 e. The first-order valence-corrected chi connectivity index (χ1v) is 7.96. The van der Waals surface area contributed by atoms with Crippen molar-refractivity contribution in [2.75, 3.05) is 19.7 Å². The number of nitrogens with one attached hydrogen (secondary N) is 1. The molecule has 0 aliphatic heterocycles. The lowest BCUT2D eigenvalue weighted by Crippen LogP contribution is -2.26. The maximum absolute atomic E-state index is 5.98. The molecule has 0 unspecified atom stereocenters. The number of ether oxygens (including phenoxy) is 1. The molecule has 0 aromatic rings. The lowest BCUT2D eigenvalue weighted by molar-refractivity contribution is 0.00278. The molecule has 1 aliphatic rings. The van der Waals surface area contributed by atoms with Crippen molar-refractivity contribution in [3.63, 3.8) is 0 Å². The van der Waals surface area contributed by atoms with E-state index in [-0.39, 0.29) is 0 Å². The highest BCUT2D eigenvalue weighted by Crippen LogP contribution is 2.36. The summed E-state index contributed by atoms with van der Waals surface area (Å²) in [5, 5.41) is 3.44. The fourth-order valence-corrected chi connectivity index (χ4v) is 2.62. The van der Waals surface area contributed by atoms with Crippen molar-refractivity contribution in [2.24, 2.45) is 5.41 Å². The summed E-state index contributed by atoms with van der Waals surface area (Å²) in [7, 11) is 0. The molecule has 1 aliphatic carbocycles. The van der Waals surface area contributed by atoms with Crippen molar-refractivity contribution in [2.45, 2.75) is 78.2 Å². The first-order chi connectivity index (χ1) is 8.64. The molecule has 0 amide bonds. The van der Waals surface area contributed by atoms with Crippen molar-refractivity contribution in [1.29, 1.82) is 0 Å². The van der Waals surface area contributed by atoms with Crippen LogP contribution in [-0.2, 0) is 4.74 Å². The Labute approximate surface area is 114 Å². The maximum atomic E-state index is 5.98. The summed E-state index contributed by atoms with van der Waals surface area (Å²) < 4.78 is 5.98. The van der Waals surface area contributed by atoms with Crippen LogP contribution >= 0.6 is 0 Å². The van der Waals surface area contributed by atoms with Crippen LogP contribution in [0.15, 0.2) is 0 Å². The molecule has 18 heavy (non-hydrogen) atoms. The zero-order valence-corrected chi connectivity index (χ0v) is 12.8. The highest BCUT2D eigenvalue weighted by atomic mass is 16.5. The van der Waals surface area contributed by atoms with Crippen molar-refractivity contribution < 1.29 is 4.74 Å². The molecule has 0 saturated heterocycles. The molecule has 1 rings (SSSR count). The van der Waals surface area contributed by atoms with E-state index in [0.29, 0.717) is 11.5 Å². The molecule has 2 heteroatoms. The fraction of sp³-hybridized carbons (Fsp3) is 1.00. The summed E-state index contributed by atoms with van der Waals surface area (Å²) in [5.41, 5.74) is 0.560. The average molecular weight is 255 g/mol. The van der Waals surface area contributed by atoms with Crippen molar-refractivity contribution in [1.82, 2.24) is 5.32 Å². The van der Waals surface area contributed by atoms with E-state index < -0.39 is 0 Å². The third-order valence-electron chi connectivity index (χ3n) is 4.06. The van der Waals surface area contributed by atoms with Gasteiger partial charge in [0.1, 0.15) is 0 Å². The van der Waals surface area contributed by atoms with Crippen LogP contribution in [0.4, 0.5) is 0 Å². The Morgan fingerprint density at radius 1 is 1.06 bits per heavy atom. The van der Waals surface area contributed by atoms with Crippen LogP contribution in [0.2, 0.25) is 0 Å². The second-order valence-electron chi connectivity index (χ2n) is 6.55. The van der Waals surface area contributed by atoms with E-state index in [0.717, 1.165) is 13.2 Å². The number of hydrogen-bond acceptors (Lipinski definition) is 2. The summed E-state index contributed by atoms with van der Waals surface area (Å²) in [6.07, 6.45) is 10.8. The Morgan fingerprint density at radius 3 is 2.44 bits per heavy atom. The summed E-state index contributed by atoms with van der Waals surface area (Å²) in [4.78, 5) is 0. The topological polar surface area (TPSA) is 21.3 Å². The van der Waals surface area contributed by atoms with E-state index in [9.17, 15) is 0 Å². The molecular formula is C16H33NO. The molecule has 0 radical (unpaired) electrons. The standard InChI is InChI=1S/C16H33NO/c1-4-12-17-13-6-5-7-14-18-15-8-10-16(2,3)11-9-15/h15,17H,4-14H2,1-3H3. The minimum Gasteiger partial charge on any atom is -0.378 e. The van der Waals surface area contributed by atoms with Gasteiger partial charge >= 0.3 is 0 Å². The molecule has 0 aromatic heterocycles. The Hall–Kier alpha value is -0.0800. The van der Waals surface area contributed by atoms with Gasteiger partial charge in [-0.3, -0.25) is 0 Å². The number of hydrogen-bond donors (Lipinski definition) is 1. The van der Waals surface area contributed by atoms with Gasteiger partial charge in [-0.1, -0.05) is 20.8 Å². The van der Waals surface area contributed by atoms with Crippen molar-refractivity contribution in [3.05, 3.63) is 0 Å². The van der Waals surface area contributed by atoms with Gasteiger partial charge in [0.25, 0.3) is 0 Å². The Balaban J connectivity index is 1.87. The Bertz CT molecular complexity index is 193. The molecule has 0 heterocycles. The average Bonchev–Trinajstić information content (AvgIpc) is 2.34. The predicted molar refractivity (Wildman–Crippen MR) is 79.0 cm³/mol. The van der Waals surface area contributed by atoms with Gasteiger partial charge in [-0.15, -0.1) is 0 Å². The van der Waals surface area contributed by atoms with Crippen LogP contribution in [0.1, 0.15) is 72.1 Å². The Morgan fingerprint density at radius 2 is 1.78 bits per heavy atom. The second kappa shape index (κ2) is 8.92. The van der Waals surface area contributed by atoms with Crippen LogP contribution in [0.3, 0.4) is 0 Å². The van der Waals surface area contributed by atoms with Crippen LogP contribution in [-0.4, -0.2) is 25.8 Å².